The van der Waals surface area contributed by atoms with Gasteiger partial charge in [0.25, 0.3) is 0 Å². The van der Waals surface area contributed by atoms with E-state index in [-0.39, 0.29) is 0 Å². The Morgan fingerprint density at radius 2 is 0.812 bits per heavy atom. The number of rotatable bonds is 7. The van der Waals surface area contributed by atoms with Gasteiger partial charge in [-0.05, 0) is 134 Å². The van der Waals surface area contributed by atoms with E-state index in [9.17, 15) is 0 Å². The van der Waals surface area contributed by atoms with Crippen molar-refractivity contribution in [3.8, 4) is 33.4 Å². The normalized spacial score (nSPS) is 14.3. The van der Waals surface area contributed by atoms with Gasteiger partial charge in [0, 0.05) is 33.8 Å². The third-order valence-corrected chi connectivity index (χ3v) is 13.5. The van der Waals surface area contributed by atoms with Crippen LogP contribution in [0.2, 0.25) is 0 Å². The van der Waals surface area contributed by atoms with Crippen LogP contribution in [0.25, 0.3) is 55.3 Å². The van der Waals surface area contributed by atoms with Gasteiger partial charge in [0.2, 0.25) is 0 Å². The van der Waals surface area contributed by atoms with Crippen LogP contribution < -0.4 is 9.80 Å². The SMILES string of the molecule is c1ccc(N(c2ccccc2)c2ccc(-c3cccc4c3-c3ccccc3C43c4ccccc4-c4ccc(N(c5ccccc5)c5cccc6oc7ccccc7c56)cc43)cc2)cc1. The van der Waals surface area contributed by atoms with E-state index in [1.165, 1.54) is 55.6 Å². The van der Waals surface area contributed by atoms with Crippen LogP contribution in [0.3, 0.4) is 0 Å². The molecule has 2 aliphatic carbocycles. The molecule has 0 saturated carbocycles. The number of anilines is 6. The van der Waals surface area contributed by atoms with Crippen molar-refractivity contribution in [3.05, 3.63) is 265 Å². The Bertz CT molecular complexity index is 3520. The maximum Gasteiger partial charge on any atom is 0.137 e. The molecule has 300 valence electrons. The van der Waals surface area contributed by atoms with E-state index in [1.54, 1.807) is 0 Å². The van der Waals surface area contributed by atoms with E-state index < -0.39 is 5.41 Å². The molecule has 13 rings (SSSR count). The van der Waals surface area contributed by atoms with Crippen molar-refractivity contribution in [2.45, 2.75) is 5.41 Å². The molecule has 1 unspecified atom stereocenters. The van der Waals surface area contributed by atoms with Gasteiger partial charge in [-0.25, -0.2) is 0 Å². The quantitative estimate of drug-likeness (QED) is 0.160. The number of furan rings is 1. The number of benzene rings is 10. The van der Waals surface area contributed by atoms with Crippen molar-refractivity contribution in [1.82, 2.24) is 0 Å². The van der Waals surface area contributed by atoms with E-state index in [0.717, 1.165) is 56.1 Å². The van der Waals surface area contributed by atoms with E-state index in [1.807, 2.05) is 6.07 Å². The second kappa shape index (κ2) is 14.3. The number of nitrogens with zero attached hydrogens (tertiary/aromatic N) is 2. The molecule has 10 aromatic carbocycles. The van der Waals surface area contributed by atoms with Gasteiger partial charge in [-0.15, -0.1) is 0 Å². The molecule has 0 saturated heterocycles. The zero-order valence-corrected chi connectivity index (χ0v) is 34.9. The lowest BCUT2D eigenvalue weighted by Gasteiger charge is -2.32. The predicted octanol–water partition coefficient (Wildman–Crippen LogP) is 16.5. The predicted molar refractivity (Wildman–Crippen MR) is 265 cm³/mol. The highest BCUT2D eigenvalue weighted by molar-refractivity contribution is 6.13. The fourth-order valence-corrected chi connectivity index (χ4v) is 10.9. The summed E-state index contributed by atoms with van der Waals surface area (Å²) in [6.45, 7) is 0. The molecule has 1 aromatic heterocycles. The molecule has 64 heavy (non-hydrogen) atoms. The molecular formula is C61H40N2O. The van der Waals surface area contributed by atoms with Crippen molar-refractivity contribution in [3.63, 3.8) is 0 Å². The van der Waals surface area contributed by atoms with Crippen LogP contribution in [0.15, 0.2) is 247 Å². The fraction of sp³-hybridized carbons (Fsp3) is 0.0164. The molecule has 1 spiro atoms. The van der Waals surface area contributed by atoms with Crippen molar-refractivity contribution in [1.29, 1.82) is 0 Å². The lowest BCUT2D eigenvalue weighted by molar-refractivity contribution is 0.669. The summed E-state index contributed by atoms with van der Waals surface area (Å²) in [5.74, 6) is 0. The summed E-state index contributed by atoms with van der Waals surface area (Å²) in [5, 5.41) is 2.20. The Labute approximate surface area is 372 Å². The first-order valence-electron chi connectivity index (χ1n) is 22.0. The molecule has 0 radical (unpaired) electrons. The number of para-hydroxylation sites is 4. The van der Waals surface area contributed by atoms with Gasteiger partial charge < -0.3 is 14.2 Å². The summed E-state index contributed by atoms with van der Waals surface area (Å²) in [4.78, 5) is 4.73. The minimum Gasteiger partial charge on any atom is -0.456 e. The minimum absolute atomic E-state index is 0.544. The summed E-state index contributed by atoms with van der Waals surface area (Å²) >= 11 is 0. The third kappa shape index (κ3) is 5.28. The monoisotopic (exact) mass is 816 g/mol. The number of hydrogen-bond donors (Lipinski definition) is 0. The van der Waals surface area contributed by atoms with Gasteiger partial charge in [-0.1, -0.05) is 164 Å². The van der Waals surface area contributed by atoms with Crippen LogP contribution in [0.1, 0.15) is 22.3 Å². The second-order valence-corrected chi connectivity index (χ2v) is 16.8. The number of fused-ring (bicyclic) bond motifs is 13. The Morgan fingerprint density at radius 3 is 1.53 bits per heavy atom. The summed E-state index contributed by atoms with van der Waals surface area (Å²) in [7, 11) is 0. The number of hydrogen-bond acceptors (Lipinski definition) is 3. The molecule has 0 bridgehead atoms. The highest BCUT2D eigenvalue weighted by Crippen LogP contribution is 2.64. The van der Waals surface area contributed by atoms with E-state index in [0.29, 0.717) is 0 Å². The van der Waals surface area contributed by atoms with Gasteiger partial charge >= 0.3 is 0 Å². The van der Waals surface area contributed by atoms with Gasteiger partial charge in [0.1, 0.15) is 11.2 Å². The topological polar surface area (TPSA) is 19.6 Å². The van der Waals surface area contributed by atoms with E-state index >= 15 is 0 Å². The van der Waals surface area contributed by atoms with Crippen LogP contribution in [-0.4, -0.2) is 0 Å². The second-order valence-electron chi connectivity index (χ2n) is 16.8. The maximum absolute atomic E-state index is 6.46. The smallest absolute Gasteiger partial charge is 0.137 e. The van der Waals surface area contributed by atoms with Gasteiger partial charge in [-0.3, -0.25) is 0 Å². The molecule has 2 aliphatic rings. The highest BCUT2D eigenvalue weighted by atomic mass is 16.3. The zero-order valence-electron chi connectivity index (χ0n) is 34.9. The molecular weight excluding hydrogens is 777 g/mol. The summed E-state index contributed by atoms with van der Waals surface area (Å²) in [5.41, 5.74) is 20.6. The fourth-order valence-electron chi connectivity index (χ4n) is 10.9. The van der Waals surface area contributed by atoms with Crippen LogP contribution in [0.4, 0.5) is 34.1 Å². The molecule has 0 fully saturated rings. The lowest BCUT2D eigenvalue weighted by Crippen LogP contribution is -2.26. The third-order valence-electron chi connectivity index (χ3n) is 13.5. The van der Waals surface area contributed by atoms with Crippen LogP contribution in [0, 0.1) is 0 Å². The molecule has 0 N–H and O–H groups in total. The largest absolute Gasteiger partial charge is 0.456 e. The van der Waals surface area contributed by atoms with Crippen LogP contribution in [-0.2, 0) is 5.41 Å². The van der Waals surface area contributed by atoms with Crippen molar-refractivity contribution >= 4 is 56.1 Å². The van der Waals surface area contributed by atoms with E-state index in [4.69, 9.17) is 4.42 Å². The van der Waals surface area contributed by atoms with Gasteiger partial charge in [0.05, 0.1) is 16.5 Å². The molecule has 0 amide bonds. The molecule has 1 atom stereocenters. The van der Waals surface area contributed by atoms with Crippen molar-refractivity contribution < 1.29 is 4.42 Å². The Balaban J connectivity index is 1.02. The molecule has 3 heteroatoms. The first-order chi connectivity index (χ1) is 31.8. The van der Waals surface area contributed by atoms with Crippen LogP contribution >= 0.6 is 0 Å². The maximum atomic E-state index is 6.46. The standard InChI is InChI=1S/C61H40N2O/c1-4-18-42(19-5-1)62(43-20-6-2-7-21-43)45-36-34-41(35-37-45)47-27-16-30-54-59(47)50-25-11-14-29-53(50)61(54)52-28-13-10-24-48(52)49-39-38-46(40-55(49)61)63(44-22-8-3-9-23-44)56-31-17-33-58-60(56)51-26-12-15-32-57(51)64-58/h1-40H. The average molecular weight is 817 g/mol. The molecule has 3 nitrogen and oxygen atoms in total. The van der Waals surface area contributed by atoms with Gasteiger partial charge in [0.15, 0.2) is 0 Å². The van der Waals surface area contributed by atoms with Crippen molar-refractivity contribution in [2.75, 3.05) is 9.80 Å². The summed E-state index contributed by atoms with van der Waals surface area (Å²) in [6, 6.07) is 88.1. The van der Waals surface area contributed by atoms with E-state index in [2.05, 4.69) is 246 Å². The van der Waals surface area contributed by atoms with Gasteiger partial charge in [-0.2, -0.15) is 0 Å². The Morgan fingerprint density at radius 1 is 0.312 bits per heavy atom. The summed E-state index contributed by atoms with van der Waals surface area (Å²) in [6.07, 6.45) is 0. The average Bonchev–Trinajstić information content (AvgIpc) is 4.00. The highest BCUT2D eigenvalue weighted by Gasteiger charge is 2.52. The van der Waals surface area contributed by atoms with Crippen molar-refractivity contribution in [2.24, 2.45) is 0 Å². The van der Waals surface area contributed by atoms with Crippen LogP contribution in [0.5, 0.6) is 0 Å². The first-order valence-corrected chi connectivity index (χ1v) is 22.0. The Kier molecular flexibility index (Phi) is 8.13. The lowest BCUT2D eigenvalue weighted by atomic mass is 9.70. The molecule has 11 aromatic rings. The Hall–Kier alpha value is -8.40. The molecule has 1 heterocycles. The first kappa shape index (κ1) is 36.3. The zero-order chi connectivity index (χ0) is 42.2. The summed E-state index contributed by atoms with van der Waals surface area (Å²) < 4.78 is 6.46. The molecule has 0 aliphatic heterocycles. The minimum atomic E-state index is -0.544.